The number of carboxylic acids is 1. The van der Waals surface area contributed by atoms with Crippen LogP contribution >= 0.6 is 12.2 Å². The molecule has 0 aliphatic carbocycles. The number of ether oxygens (including phenoxy) is 1. The molecule has 1 aromatic carbocycles. The number of rotatable bonds is 11. The predicted molar refractivity (Wildman–Crippen MR) is 165 cm³/mol. The minimum absolute atomic E-state index is 0.0877. The van der Waals surface area contributed by atoms with Crippen molar-refractivity contribution in [2.24, 2.45) is 0 Å². The van der Waals surface area contributed by atoms with Crippen LogP contribution in [0.4, 0.5) is 0 Å². The van der Waals surface area contributed by atoms with Gasteiger partial charge in [0.2, 0.25) is 5.91 Å². The zero-order valence-corrected chi connectivity index (χ0v) is 25.2. The van der Waals surface area contributed by atoms with Crippen molar-refractivity contribution in [2.75, 3.05) is 39.4 Å². The molecule has 1 fully saturated rings. The molecule has 1 saturated heterocycles. The van der Waals surface area contributed by atoms with Crippen molar-refractivity contribution in [1.82, 2.24) is 19.8 Å². The lowest BCUT2D eigenvalue weighted by Crippen LogP contribution is -2.37. The number of hydrogen-bond donors (Lipinski definition) is 2. The third kappa shape index (κ3) is 9.88. The van der Waals surface area contributed by atoms with Crippen LogP contribution in [0.5, 0.6) is 0 Å². The minimum atomic E-state index is -0.927. The molecule has 220 valence electrons. The number of morpholine rings is 1. The zero-order chi connectivity index (χ0) is 29.6. The van der Waals surface area contributed by atoms with Crippen molar-refractivity contribution in [3.05, 3.63) is 82.4 Å². The summed E-state index contributed by atoms with van der Waals surface area (Å²) in [5.74, 6) is -1.11. The van der Waals surface area contributed by atoms with E-state index in [2.05, 4.69) is 53.3 Å². The molecular weight excluding hydrogens is 536 g/mol. The quantitative estimate of drug-likeness (QED) is 0.295. The van der Waals surface area contributed by atoms with Gasteiger partial charge < -0.3 is 19.7 Å². The Labute approximate surface area is 248 Å². The van der Waals surface area contributed by atoms with Crippen LogP contribution in [0.3, 0.4) is 0 Å². The maximum atomic E-state index is 12.6. The number of pyridine rings is 2. The molecule has 3 aromatic rings. The molecule has 2 N–H and O–H groups in total. The molecule has 1 aliphatic rings. The van der Waals surface area contributed by atoms with E-state index in [1.54, 1.807) is 6.20 Å². The summed E-state index contributed by atoms with van der Waals surface area (Å²) in [6, 6.07) is 14.0. The molecule has 0 saturated carbocycles. The molecule has 1 amide bonds. The highest BCUT2D eigenvalue weighted by molar-refractivity contribution is 7.71. The van der Waals surface area contributed by atoms with Crippen molar-refractivity contribution in [2.45, 2.75) is 52.5 Å². The number of aromatic nitrogens is 2. The van der Waals surface area contributed by atoms with E-state index >= 15 is 0 Å². The topological polar surface area (TPSA) is 96.7 Å². The van der Waals surface area contributed by atoms with E-state index in [1.165, 1.54) is 22.3 Å². The molecule has 1 atom stereocenters. The van der Waals surface area contributed by atoms with Crippen LogP contribution < -0.4 is 5.32 Å². The molecule has 8 nitrogen and oxygen atoms in total. The third-order valence-electron chi connectivity index (χ3n) is 7.12. The van der Waals surface area contributed by atoms with Crippen molar-refractivity contribution >= 4 is 24.1 Å². The Morgan fingerprint density at radius 2 is 1.83 bits per heavy atom. The maximum Gasteiger partial charge on any atom is 0.305 e. The Balaban J connectivity index is 0.000000275. The van der Waals surface area contributed by atoms with Crippen LogP contribution in [-0.2, 0) is 20.7 Å². The van der Waals surface area contributed by atoms with Gasteiger partial charge in [0.1, 0.15) is 10.7 Å². The van der Waals surface area contributed by atoms with Gasteiger partial charge in [-0.2, -0.15) is 0 Å². The number of amides is 1. The number of nitrogens with one attached hydrogen (secondary N) is 1. The summed E-state index contributed by atoms with van der Waals surface area (Å²) >= 11 is 5.67. The molecule has 4 rings (SSSR count). The Bertz CT molecular complexity index is 1300. The molecule has 9 heteroatoms. The van der Waals surface area contributed by atoms with Gasteiger partial charge in [-0.3, -0.25) is 19.5 Å². The summed E-state index contributed by atoms with van der Waals surface area (Å²) < 4.78 is 7.91. The van der Waals surface area contributed by atoms with Gasteiger partial charge in [0.15, 0.2) is 0 Å². The van der Waals surface area contributed by atoms with Crippen LogP contribution in [-0.4, -0.2) is 70.8 Å². The fourth-order valence-electron chi connectivity index (χ4n) is 4.96. The average Bonchev–Trinajstić information content (AvgIpc) is 2.97. The van der Waals surface area contributed by atoms with Gasteiger partial charge in [-0.15, -0.1) is 0 Å². The average molecular weight is 579 g/mol. The lowest BCUT2D eigenvalue weighted by molar-refractivity contribution is -0.137. The van der Waals surface area contributed by atoms with Gasteiger partial charge >= 0.3 is 5.97 Å². The van der Waals surface area contributed by atoms with Crippen molar-refractivity contribution in [3.63, 3.8) is 0 Å². The molecule has 2 aromatic heterocycles. The van der Waals surface area contributed by atoms with E-state index in [9.17, 15) is 9.59 Å². The lowest BCUT2D eigenvalue weighted by Gasteiger charge is -2.27. The van der Waals surface area contributed by atoms with Gasteiger partial charge in [-0.1, -0.05) is 55.9 Å². The molecule has 3 heterocycles. The second kappa shape index (κ2) is 16.8. The van der Waals surface area contributed by atoms with Gasteiger partial charge in [0.25, 0.3) is 0 Å². The van der Waals surface area contributed by atoms with E-state index in [0.29, 0.717) is 11.1 Å². The van der Waals surface area contributed by atoms with Crippen molar-refractivity contribution < 1.29 is 19.4 Å². The maximum absolute atomic E-state index is 12.6. The van der Waals surface area contributed by atoms with Crippen molar-refractivity contribution in [1.29, 1.82) is 0 Å². The van der Waals surface area contributed by atoms with Crippen LogP contribution in [0.25, 0.3) is 11.1 Å². The Morgan fingerprint density at radius 3 is 2.46 bits per heavy atom. The van der Waals surface area contributed by atoms with E-state index in [4.69, 9.17) is 22.1 Å². The van der Waals surface area contributed by atoms with E-state index in [1.807, 2.05) is 42.1 Å². The second-order valence-corrected chi connectivity index (χ2v) is 10.6. The lowest BCUT2D eigenvalue weighted by atomic mass is 9.97. The number of carbonyl (C=O) groups excluding carboxylic acids is 1. The van der Waals surface area contributed by atoms with Gasteiger partial charge in [0.05, 0.1) is 19.6 Å². The van der Waals surface area contributed by atoms with Crippen molar-refractivity contribution in [3.8, 4) is 11.1 Å². The highest BCUT2D eigenvalue weighted by atomic mass is 32.1. The standard InChI is InChI=1S/C19H29N3O4S.C13H13N/c1-2-4-16(18(25)20-8-6-17(23)24)22-9-3-5-15(19(22)27)7-10-21-11-13-26-14-12-21;1-10-5-3-6-11(2)13(10)12-7-4-8-14-9-12/h3,5,9,16H,2,4,6-8,10-14H2,1H3,(H,20,25)(H,23,24);3-9H,1-2H3. The largest absolute Gasteiger partial charge is 0.481 e. The number of nitrogens with zero attached hydrogens (tertiary/aromatic N) is 3. The van der Waals surface area contributed by atoms with E-state index < -0.39 is 12.0 Å². The normalized spacial score (nSPS) is 14.0. The number of carbonyl (C=O) groups is 2. The summed E-state index contributed by atoms with van der Waals surface area (Å²) in [5, 5.41) is 11.5. The first-order valence-electron chi connectivity index (χ1n) is 14.3. The number of carboxylic acid groups (broad SMARTS) is 1. The minimum Gasteiger partial charge on any atom is -0.481 e. The highest BCUT2D eigenvalue weighted by Gasteiger charge is 2.20. The first kappa shape index (κ1) is 32.1. The van der Waals surface area contributed by atoms with E-state index in [-0.39, 0.29) is 18.9 Å². The Morgan fingerprint density at radius 1 is 1.10 bits per heavy atom. The van der Waals surface area contributed by atoms with Crippen LogP contribution in [0.15, 0.2) is 61.1 Å². The Hall–Kier alpha value is -3.40. The number of aliphatic carboxylic acids is 1. The number of aryl methyl sites for hydroxylation is 2. The fraction of sp³-hybridized carbons (Fsp3) is 0.438. The summed E-state index contributed by atoms with van der Waals surface area (Å²) in [4.78, 5) is 29.8. The fourth-order valence-corrected chi connectivity index (χ4v) is 5.31. The monoisotopic (exact) mass is 578 g/mol. The molecule has 1 unspecified atom stereocenters. The zero-order valence-electron chi connectivity index (χ0n) is 24.3. The molecule has 41 heavy (non-hydrogen) atoms. The molecular formula is C32H42N4O4S. The van der Waals surface area contributed by atoms with Crippen LogP contribution in [0.2, 0.25) is 0 Å². The molecule has 1 aliphatic heterocycles. The molecule has 0 spiro atoms. The Kier molecular flexibility index (Phi) is 13.1. The molecule has 0 bridgehead atoms. The predicted octanol–water partition coefficient (Wildman–Crippen LogP) is 5.39. The van der Waals surface area contributed by atoms with Gasteiger partial charge in [-0.25, -0.2) is 0 Å². The van der Waals surface area contributed by atoms with Gasteiger partial charge in [-0.05, 0) is 61.1 Å². The summed E-state index contributed by atoms with van der Waals surface area (Å²) in [6.07, 6.45) is 7.79. The molecule has 0 radical (unpaired) electrons. The SMILES string of the molecule is CCCC(C(=O)NCCC(=O)O)n1cccc(CCN2CCOCC2)c1=S.Cc1cccc(C)c1-c1cccnc1. The number of hydrogen-bond acceptors (Lipinski definition) is 6. The number of benzene rings is 1. The summed E-state index contributed by atoms with van der Waals surface area (Å²) in [5.41, 5.74) is 6.16. The first-order valence-corrected chi connectivity index (χ1v) is 14.7. The first-order chi connectivity index (χ1) is 19.8. The smallest absolute Gasteiger partial charge is 0.305 e. The van der Waals surface area contributed by atoms with Crippen LogP contribution in [0, 0.1) is 18.5 Å². The third-order valence-corrected chi connectivity index (χ3v) is 7.60. The van der Waals surface area contributed by atoms with Crippen LogP contribution in [0.1, 0.15) is 48.9 Å². The summed E-state index contributed by atoms with van der Waals surface area (Å²) in [6.45, 7) is 10.7. The van der Waals surface area contributed by atoms with Gasteiger partial charge in [0, 0.05) is 50.3 Å². The van der Waals surface area contributed by atoms with E-state index in [0.717, 1.165) is 51.3 Å². The summed E-state index contributed by atoms with van der Waals surface area (Å²) in [7, 11) is 0. The second-order valence-electron chi connectivity index (χ2n) is 10.2. The highest BCUT2D eigenvalue weighted by Crippen LogP contribution is 2.25.